The molecule has 4 N–H and O–H groups in total. The first-order valence-corrected chi connectivity index (χ1v) is 15.8. The Morgan fingerprint density at radius 1 is 0.938 bits per heavy atom. The van der Waals surface area contributed by atoms with Crippen LogP contribution in [0.4, 0.5) is 5.82 Å². The summed E-state index contributed by atoms with van der Waals surface area (Å²) in [5.41, 5.74) is 6.50. The van der Waals surface area contributed by atoms with Crippen molar-refractivity contribution in [3.63, 3.8) is 0 Å². The highest BCUT2D eigenvalue weighted by molar-refractivity contribution is 5.98. The Hall–Kier alpha value is -5.00. The normalized spacial score (nSPS) is 14.7. The Balaban J connectivity index is 0.00000520. The van der Waals surface area contributed by atoms with Gasteiger partial charge in [0.1, 0.15) is 23.9 Å². The molecule has 48 heavy (non-hydrogen) atoms. The van der Waals surface area contributed by atoms with Crippen LogP contribution >= 0.6 is 0 Å². The van der Waals surface area contributed by atoms with E-state index in [2.05, 4.69) is 15.6 Å². The van der Waals surface area contributed by atoms with Gasteiger partial charge in [-0.1, -0.05) is 86.3 Å². The lowest BCUT2D eigenvalue weighted by Gasteiger charge is -2.34. The van der Waals surface area contributed by atoms with Gasteiger partial charge in [-0.25, -0.2) is 4.98 Å². The molecule has 11 heteroatoms. The molecule has 1 saturated heterocycles. The average Bonchev–Trinajstić information content (AvgIpc) is 3.53. The van der Waals surface area contributed by atoms with Crippen molar-refractivity contribution in [2.75, 3.05) is 25.0 Å². The van der Waals surface area contributed by atoms with Crippen LogP contribution in [-0.2, 0) is 25.7 Å². The number of ether oxygens (including phenoxy) is 2. The fourth-order valence-corrected chi connectivity index (χ4v) is 5.29. The minimum Gasteiger partial charge on any atom is -0.490 e. The molecule has 2 heterocycles. The summed E-state index contributed by atoms with van der Waals surface area (Å²) in [7, 11) is 0. The number of carbonyl (C=O) groups is 3. The van der Waals surface area contributed by atoms with Crippen molar-refractivity contribution in [3.05, 3.63) is 115 Å². The van der Waals surface area contributed by atoms with Gasteiger partial charge in [0.15, 0.2) is 5.82 Å². The largest absolute Gasteiger partial charge is 0.490 e. The number of anilines is 1. The number of aromatic nitrogens is 2. The van der Waals surface area contributed by atoms with Crippen LogP contribution in [0.2, 0.25) is 0 Å². The van der Waals surface area contributed by atoms with Gasteiger partial charge in [0.05, 0.1) is 25.1 Å². The Bertz CT molecular complexity index is 1600. The summed E-state index contributed by atoms with van der Waals surface area (Å²) < 4.78 is 13.6. The maximum absolute atomic E-state index is 14.0. The Morgan fingerprint density at radius 3 is 2.17 bits per heavy atom. The number of hydrogen-bond acceptors (Lipinski definition) is 7. The minimum absolute atomic E-state index is 0. The number of piperidine rings is 1. The van der Waals surface area contributed by atoms with Gasteiger partial charge in [-0.15, -0.1) is 0 Å². The Labute approximate surface area is 282 Å². The van der Waals surface area contributed by atoms with Gasteiger partial charge in [0.2, 0.25) is 11.8 Å². The van der Waals surface area contributed by atoms with Crippen molar-refractivity contribution in [1.82, 2.24) is 19.8 Å². The molecule has 1 fully saturated rings. The topological polar surface area (TPSA) is 141 Å². The van der Waals surface area contributed by atoms with E-state index < -0.39 is 29.4 Å². The summed E-state index contributed by atoms with van der Waals surface area (Å²) in [5.74, 6) is -0.0471. The molecule has 11 nitrogen and oxygen atoms in total. The highest BCUT2D eigenvalue weighted by Crippen LogP contribution is 2.26. The first-order valence-electron chi connectivity index (χ1n) is 15.8. The van der Waals surface area contributed by atoms with E-state index >= 15 is 0 Å². The van der Waals surface area contributed by atoms with Crippen molar-refractivity contribution in [2.24, 2.45) is 5.73 Å². The van der Waals surface area contributed by atoms with E-state index in [4.69, 9.17) is 15.2 Å². The molecule has 0 radical (unpaired) electrons. The van der Waals surface area contributed by atoms with Crippen LogP contribution in [-0.4, -0.2) is 69.6 Å². The minimum atomic E-state index is -1.20. The number of nitrogens with zero attached hydrogens (tertiary/aromatic N) is 3. The molecular formula is C37H46N6O5. The molecule has 3 aromatic carbocycles. The second-order valence-corrected chi connectivity index (χ2v) is 12.2. The molecule has 1 aliphatic heterocycles. The highest BCUT2D eigenvalue weighted by Gasteiger charge is 2.32. The molecule has 5 rings (SSSR count). The first kappa shape index (κ1) is 35.8. The van der Waals surface area contributed by atoms with E-state index in [-0.39, 0.29) is 38.5 Å². The molecule has 0 saturated carbocycles. The van der Waals surface area contributed by atoms with Crippen molar-refractivity contribution < 1.29 is 23.9 Å². The lowest BCUT2D eigenvalue weighted by Crippen LogP contribution is -2.56. The predicted octanol–water partition coefficient (Wildman–Crippen LogP) is 4.56. The lowest BCUT2D eigenvalue weighted by atomic mass is 10.0. The first-order chi connectivity index (χ1) is 22.7. The highest BCUT2D eigenvalue weighted by atomic mass is 16.5. The zero-order valence-corrected chi connectivity index (χ0v) is 26.7. The Morgan fingerprint density at radius 2 is 1.54 bits per heavy atom. The molecule has 4 aromatic rings. The van der Waals surface area contributed by atoms with Crippen molar-refractivity contribution in [3.8, 4) is 5.75 Å². The third-order valence-corrected chi connectivity index (χ3v) is 7.90. The molecule has 0 spiro atoms. The summed E-state index contributed by atoms with van der Waals surface area (Å²) in [6.45, 7) is 4.40. The van der Waals surface area contributed by atoms with Crippen molar-refractivity contribution in [2.45, 2.75) is 64.4 Å². The summed E-state index contributed by atoms with van der Waals surface area (Å²) in [6, 6.07) is 27.0. The van der Waals surface area contributed by atoms with E-state index in [1.54, 1.807) is 24.6 Å². The Kier molecular flexibility index (Phi) is 12.5. The van der Waals surface area contributed by atoms with E-state index in [1.807, 2.05) is 95.9 Å². The molecule has 0 aliphatic carbocycles. The molecule has 1 aromatic heterocycles. The van der Waals surface area contributed by atoms with Gasteiger partial charge < -0.3 is 35.3 Å². The third kappa shape index (κ3) is 9.76. The number of nitrogens with two attached hydrogens (primary N) is 1. The molecular weight excluding hydrogens is 608 g/mol. The predicted molar refractivity (Wildman–Crippen MR) is 185 cm³/mol. The number of rotatable bonds is 13. The number of imidazole rings is 1. The van der Waals surface area contributed by atoms with Gasteiger partial charge in [-0.3, -0.25) is 14.4 Å². The number of carbonyl (C=O) groups excluding carboxylic acids is 3. The number of likely N-dealkylation sites (tertiary alicyclic amines) is 1. The molecule has 0 bridgehead atoms. The van der Waals surface area contributed by atoms with E-state index in [9.17, 15) is 14.4 Å². The van der Waals surface area contributed by atoms with Crippen LogP contribution in [0.25, 0.3) is 0 Å². The van der Waals surface area contributed by atoms with Gasteiger partial charge in [-0.2, -0.15) is 0 Å². The summed E-state index contributed by atoms with van der Waals surface area (Å²) in [5, 5.41) is 5.47. The van der Waals surface area contributed by atoms with Crippen LogP contribution in [0.5, 0.6) is 5.75 Å². The third-order valence-electron chi connectivity index (χ3n) is 7.90. The van der Waals surface area contributed by atoms with E-state index in [0.717, 1.165) is 16.9 Å². The fraction of sp³-hybridized carbons (Fsp3) is 0.351. The fourth-order valence-electron chi connectivity index (χ4n) is 5.29. The molecule has 3 amide bonds. The second kappa shape index (κ2) is 16.7. The SMILES string of the molecule is C.CC(C)(N)C(=O)N[C@H](COCc1ccccc1)C(=O)Nc1cn(C(C(=O)N2CCC(Oc3ccccc3)CC2)c2ccccc2)cn1. The van der Waals surface area contributed by atoms with E-state index in [1.165, 1.54) is 6.33 Å². The monoisotopic (exact) mass is 654 g/mol. The number of nitrogens with one attached hydrogen (secondary N) is 2. The number of para-hydroxylation sites is 1. The van der Waals surface area contributed by atoms with Crippen LogP contribution in [0.1, 0.15) is 51.3 Å². The van der Waals surface area contributed by atoms with Gasteiger partial charge in [0.25, 0.3) is 5.91 Å². The maximum Gasteiger partial charge on any atom is 0.250 e. The van der Waals surface area contributed by atoms with Crippen molar-refractivity contribution >= 4 is 23.5 Å². The quantitative estimate of drug-likeness (QED) is 0.192. The lowest BCUT2D eigenvalue weighted by molar-refractivity contribution is -0.135. The summed E-state index contributed by atoms with van der Waals surface area (Å²) in [4.78, 5) is 46.4. The molecule has 1 aliphatic rings. The number of benzene rings is 3. The van der Waals surface area contributed by atoms with E-state index in [0.29, 0.717) is 25.9 Å². The van der Waals surface area contributed by atoms with Crippen LogP contribution in [0, 0.1) is 0 Å². The van der Waals surface area contributed by atoms with Crippen LogP contribution in [0.3, 0.4) is 0 Å². The van der Waals surface area contributed by atoms with Crippen LogP contribution < -0.4 is 21.1 Å². The average molecular weight is 655 g/mol. The zero-order valence-electron chi connectivity index (χ0n) is 26.7. The molecule has 1 unspecified atom stereocenters. The van der Waals surface area contributed by atoms with Gasteiger partial charge in [-0.05, 0) is 37.1 Å². The van der Waals surface area contributed by atoms with Crippen LogP contribution in [0.15, 0.2) is 104 Å². The second-order valence-electron chi connectivity index (χ2n) is 12.2. The number of hydrogen-bond donors (Lipinski definition) is 3. The molecule has 254 valence electrons. The van der Waals surface area contributed by atoms with Gasteiger partial charge >= 0.3 is 0 Å². The van der Waals surface area contributed by atoms with Crippen molar-refractivity contribution in [1.29, 1.82) is 0 Å². The summed E-state index contributed by atoms with van der Waals surface area (Å²) in [6.07, 6.45) is 4.61. The maximum atomic E-state index is 14.0. The smallest absolute Gasteiger partial charge is 0.250 e. The standard InChI is InChI=1S/C36H42N6O5.CH4/c1-36(2,37)35(45)39-30(24-46-23-26-12-6-3-7-13-26)33(43)40-31-22-42(25-38-31)32(27-14-8-4-9-15-27)34(44)41-20-18-29(19-21-41)47-28-16-10-5-11-17-28;/h3-17,22,25,29-30,32H,18-21,23-24,37H2,1-2H3,(H,39,45)(H,40,43);1H4/t30-,32?;/m1./s1. The zero-order chi connectivity index (χ0) is 33.2. The summed E-state index contributed by atoms with van der Waals surface area (Å²) >= 11 is 0. The molecule has 2 atom stereocenters. The van der Waals surface area contributed by atoms with Gasteiger partial charge in [0, 0.05) is 32.1 Å². The number of amides is 3.